The van der Waals surface area contributed by atoms with Crippen LogP contribution in [0.15, 0.2) is 90.1 Å². The van der Waals surface area contributed by atoms with Gasteiger partial charge in [-0.3, -0.25) is 4.99 Å². The molecule has 1 atom stereocenters. The summed E-state index contributed by atoms with van der Waals surface area (Å²) in [5, 5.41) is 0. The van der Waals surface area contributed by atoms with Gasteiger partial charge in [0.2, 0.25) is 5.88 Å². The molecule has 166 valence electrons. The number of anilines is 1. The van der Waals surface area contributed by atoms with Gasteiger partial charge >= 0.3 is 0 Å². The van der Waals surface area contributed by atoms with Crippen LogP contribution in [-0.2, 0) is 6.42 Å². The summed E-state index contributed by atoms with van der Waals surface area (Å²) in [5.74, 6) is 3.79. The molecule has 7 rings (SSSR count). The Morgan fingerprint density at radius 2 is 1.65 bits per heavy atom. The zero-order valence-electron chi connectivity index (χ0n) is 18.9. The molecule has 0 amide bonds. The molecular weight excluding hydrogens is 422 g/mol. The Morgan fingerprint density at radius 1 is 0.794 bits per heavy atom. The van der Waals surface area contributed by atoms with Crippen LogP contribution in [0, 0.1) is 0 Å². The maximum absolute atomic E-state index is 6.28. The minimum Gasteiger partial charge on any atom is -0.457 e. The van der Waals surface area contributed by atoms with E-state index in [1.54, 1.807) is 6.20 Å². The Labute approximate surface area is 198 Å². The van der Waals surface area contributed by atoms with Gasteiger partial charge in [-0.25, -0.2) is 4.98 Å². The summed E-state index contributed by atoms with van der Waals surface area (Å²) in [6.07, 6.45) is 3.93. The molecule has 5 heteroatoms. The predicted molar refractivity (Wildman–Crippen MR) is 133 cm³/mol. The summed E-state index contributed by atoms with van der Waals surface area (Å²) < 4.78 is 12.1. The Morgan fingerprint density at radius 3 is 2.53 bits per heavy atom. The van der Waals surface area contributed by atoms with E-state index in [2.05, 4.69) is 47.1 Å². The molecule has 4 aromatic rings. The molecule has 0 N–H and O–H groups in total. The second-order valence-electron chi connectivity index (χ2n) is 9.34. The normalized spacial score (nSPS) is 19.2. The number of hydrogen-bond donors (Lipinski definition) is 0. The third kappa shape index (κ3) is 2.93. The molecule has 34 heavy (non-hydrogen) atoms. The number of fused-ring (bicyclic) bond motifs is 3. The molecular formula is C29H23N3O2. The first kappa shape index (κ1) is 19.4. The number of amidine groups is 1. The van der Waals surface area contributed by atoms with E-state index in [1.165, 1.54) is 22.4 Å². The Bertz CT molecular complexity index is 1460. The number of para-hydroxylation sites is 1. The molecule has 0 spiro atoms. The van der Waals surface area contributed by atoms with Crippen LogP contribution >= 0.6 is 0 Å². The van der Waals surface area contributed by atoms with Crippen molar-refractivity contribution < 1.29 is 9.47 Å². The molecule has 0 saturated heterocycles. The number of rotatable bonds is 4. The molecule has 0 aliphatic carbocycles. The Hall–Kier alpha value is -4.12. The van der Waals surface area contributed by atoms with E-state index < -0.39 is 0 Å². The van der Waals surface area contributed by atoms with Crippen LogP contribution in [0.25, 0.3) is 11.1 Å². The molecule has 3 aliphatic heterocycles. The van der Waals surface area contributed by atoms with Gasteiger partial charge in [-0.1, -0.05) is 30.3 Å². The van der Waals surface area contributed by atoms with E-state index in [4.69, 9.17) is 14.5 Å². The van der Waals surface area contributed by atoms with Gasteiger partial charge in [0.25, 0.3) is 0 Å². The van der Waals surface area contributed by atoms with Gasteiger partial charge in [0.15, 0.2) is 0 Å². The van der Waals surface area contributed by atoms with Crippen LogP contribution < -0.4 is 14.4 Å². The summed E-state index contributed by atoms with van der Waals surface area (Å²) >= 11 is 0. The topological polar surface area (TPSA) is 47.0 Å². The van der Waals surface area contributed by atoms with Gasteiger partial charge in [0, 0.05) is 29.5 Å². The summed E-state index contributed by atoms with van der Waals surface area (Å²) in [5.41, 5.74) is 6.44. The van der Waals surface area contributed by atoms with Crippen LogP contribution in [0.5, 0.6) is 23.1 Å². The minimum atomic E-state index is 0.0458. The summed E-state index contributed by atoms with van der Waals surface area (Å²) in [6, 6.07) is 26.2. The average molecular weight is 446 g/mol. The number of hydrogen-bond acceptors (Lipinski definition) is 5. The quantitative estimate of drug-likeness (QED) is 0.354. The smallest absolute Gasteiger partial charge is 0.219 e. The second kappa shape index (κ2) is 7.19. The second-order valence-corrected chi connectivity index (χ2v) is 9.34. The largest absolute Gasteiger partial charge is 0.457 e. The molecule has 5 nitrogen and oxygen atoms in total. The van der Waals surface area contributed by atoms with Crippen LogP contribution in [0.2, 0.25) is 0 Å². The number of nitrogens with zero attached hydrogens (tertiary/aromatic N) is 3. The van der Waals surface area contributed by atoms with Crippen LogP contribution in [-0.4, -0.2) is 22.9 Å². The molecule has 3 aliphatic rings. The summed E-state index contributed by atoms with van der Waals surface area (Å²) in [7, 11) is 0. The fourth-order valence-corrected chi connectivity index (χ4v) is 5.37. The van der Waals surface area contributed by atoms with E-state index in [0.717, 1.165) is 36.5 Å². The Kier molecular flexibility index (Phi) is 4.09. The zero-order valence-corrected chi connectivity index (χ0v) is 18.9. The molecule has 1 aromatic heterocycles. The van der Waals surface area contributed by atoms with Gasteiger partial charge in [-0.15, -0.1) is 0 Å². The molecule has 0 fully saturated rings. The zero-order chi connectivity index (χ0) is 22.7. The van der Waals surface area contributed by atoms with E-state index >= 15 is 0 Å². The average Bonchev–Trinajstić information content (AvgIpc) is 3.23. The van der Waals surface area contributed by atoms with E-state index in [-0.39, 0.29) is 5.54 Å². The third-order valence-electron chi connectivity index (χ3n) is 7.02. The number of aryl methyl sites for hydroxylation is 1. The summed E-state index contributed by atoms with van der Waals surface area (Å²) in [4.78, 5) is 11.7. The number of pyridine rings is 1. The first-order valence-electron chi connectivity index (χ1n) is 11.7. The maximum Gasteiger partial charge on any atom is 0.219 e. The van der Waals surface area contributed by atoms with E-state index in [1.807, 2.05) is 48.5 Å². The van der Waals surface area contributed by atoms with Crippen molar-refractivity contribution in [3.05, 3.63) is 96.2 Å². The molecule has 3 aromatic carbocycles. The predicted octanol–water partition coefficient (Wildman–Crippen LogP) is 6.62. The lowest BCUT2D eigenvalue weighted by molar-refractivity contribution is 0.447. The van der Waals surface area contributed by atoms with E-state index in [9.17, 15) is 0 Å². The van der Waals surface area contributed by atoms with Gasteiger partial charge in [0.1, 0.15) is 23.1 Å². The molecule has 0 saturated carbocycles. The number of aliphatic imine (C=N–C) groups is 1. The molecule has 0 bridgehead atoms. The van der Waals surface area contributed by atoms with Crippen molar-refractivity contribution in [3.8, 4) is 34.3 Å². The highest BCUT2D eigenvalue weighted by atomic mass is 16.5. The SMILES string of the molecule is CC12CCc3cccc4c3N1C(=NC2)c1cc(Oc2cccc(Oc3ccccn3)c2)ccc1-4. The van der Waals surface area contributed by atoms with E-state index in [0.29, 0.717) is 17.4 Å². The van der Waals surface area contributed by atoms with Crippen molar-refractivity contribution >= 4 is 11.5 Å². The highest BCUT2D eigenvalue weighted by Crippen LogP contribution is 2.51. The van der Waals surface area contributed by atoms with Gasteiger partial charge in [0.05, 0.1) is 17.8 Å². The van der Waals surface area contributed by atoms with Crippen molar-refractivity contribution in [2.45, 2.75) is 25.3 Å². The molecule has 1 unspecified atom stereocenters. The minimum absolute atomic E-state index is 0.0458. The highest BCUT2D eigenvalue weighted by molar-refractivity contribution is 6.21. The molecule has 4 heterocycles. The standard InChI is InChI=1S/C29H23N3O2/c1-29-14-13-19-6-4-9-24-23-12-11-22(17-25(23)28(31-18-29)32(29)27(19)24)33-20-7-5-8-21(16-20)34-26-10-2-3-15-30-26/h2-12,15-17H,13-14,18H2,1H3. The van der Waals surface area contributed by atoms with Crippen molar-refractivity contribution in [2.75, 3.05) is 11.4 Å². The number of benzene rings is 3. The van der Waals surface area contributed by atoms with Gasteiger partial charge in [-0.05, 0) is 67.3 Å². The number of aromatic nitrogens is 1. The maximum atomic E-state index is 6.28. The van der Waals surface area contributed by atoms with Crippen molar-refractivity contribution in [3.63, 3.8) is 0 Å². The first-order valence-corrected chi connectivity index (χ1v) is 11.7. The highest BCUT2D eigenvalue weighted by Gasteiger charge is 2.47. The summed E-state index contributed by atoms with van der Waals surface area (Å²) in [6.45, 7) is 3.16. The number of ether oxygens (including phenoxy) is 2. The fourth-order valence-electron chi connectivity index (χ4n) is 5.37. The lowest BCUT2D eigenvalue weighted by atomic mass is 9.80. The third-order valence-corrected chi connectivity index (χ3v) is 7.02. The lowest BCUT2D eigenvalue weighted by Crippen LogP contribution is -2.52. The van der Waals surface area contributed by atoms with Gasteiger partial charge in [-0.2, -0.15) is 0 Å². The van der Waals surface area contributed by atoms with Gasteiger partial charge < -0.3 is 14.4 Å². The van der Waals surface area contributed by atoms with Crippen LogP contribution in [0.4, 0.5) is 5.69 Å². The van der Waals surface area contributed by atoms with Crippen LogP contribution in [0.1, 0.15) is 24.5 Å². The van der Waals surface area contributed by atoms with Crippen molar-refractivity contribution in [1.82, 2.24) is 4.98 Å². The van der Waals surface area contributed by atoms with Crippen molar-refractivity contribution in [2.24, 2.45) is 4.99 Å². The van der Waals surface area contributed by atoms with Crippen molar-refractivity contribution in [1.29, 1.82) is 0 Å². The fraction of sp³-hybridized carbons (Fsp3) is 0.172. The Balaban J connectivity index is 1.25. The first-order chi connectivity index (χ1) is 16.7. The lowest BCUT2D eigenvalue weighted by Gasteiger charge is -2.45. The molecule has 0 radical (unpaired) electrons. The monoisotopic (exact) mass is 445 g/mol. The van der Waals surface area contributed by atoms with Crippen LogP contribution in [0.3, 0.4) is 0 Å².